The highest BCUT2D eigenvalue weighted by atomic mass is 19.4. The van der Waals surface area contributed by atoms with Crippen LogP contribution < -0.4 is 9.47 Å². The maximum atomic E-state index is 11.9. The zero-order chi connectivity index (χ0) is 10.2. The first-order chi connectivity index (χ1) is 6.56. The van der Waals surface area contributed by atoms with Crippen LogP contribution >= 0.6 is 0 Å². The molecule has 0 atom stereocenters. The molecular formula is C9H6F3O2. The summed E-state index contributed by atoms with van der Waals surface area (Å²) >= 11 is 0. The number of benzene rings is 1. The Hall–Kier alpha value is -1.39. The van der Waals surface area contributed by atoms with Crippen LogP contribution in [0, 0.1) is 6.42 Å². The van der Waals surface area contributed by atoms with Crippen molar-refractivity contribution in [2.24, 2.45) is 0 Å². The first-order valence-corrected chi connectivity index (χ1v) is 3.91. The zero-order valence-electron chi connectivity index (χ0n) is 6.97. The molecule has 0 amide bonds. The molecule has 5 heteroatoms. The second-order valence-electron chi connectivity index (χ2n) is 2.74. The smallest absolute Gasteiger partial charge is 0.489 e. The molecule has 14 heavy (non-hydrogen) atoms. The van der Waals surface area contributed by atoms with Crippen LogP contribution in [-0.2, 0) is 0 Å². The fraction of sp³-hybridized carbons (Fsp3) is 0.222. The molecule has 1 radical (unpaired) electrons. The summed E-state index contributed by atoms with van der Waals surface area (Å²) in [6.45, 7) is 0.285. The fourth-order valence-electron chi connectivity index (χ4n) is 1.27. The lowest BCUT2D eigenvalue weighted by Gasteiger charge is -2.11. The van der Waals surface area contributed by atoms with Crippen molar-refractivity contribution in [3.63, 3.8) is 0 Å². The quantitative estimate of drug-likeness (QED) is 0.698. The minimum absolute atomic E-state index is 0.157. The van der Waals surface area contributed by atoms with Gasteiger partial charge in [-0.15, -0.1) is 13.2 Å². The number of fused-ring (bicyclic) bond motifs is 1. The number of ether oxygens (including phenoxy) is 2. The van der Waals surface area contributed by atoms with Crippen LogP contribution in [0.15, 0.2) is 18.2 Å². The van der Waals surface area contributed by atoms with Crippen LogP contribution in [0.4, 0.5) is 13.2 Å². The van der Waals surface area contributed by atoms with Crippen molar-refractivity contribution in [2.75, 3.05) is 6.61 Å². The van der Waals surface area contributed by atoms with Crippen LogP contribution in [-0.4, -0.2) is 13.0 Å². The van der Waals surface area contributed by atoms with Crippen molar-refractivity contribution in [1.29, 1.82) is 0 Å². The Balaban J connectivity index is 2.31. The molecule has 0 N–H and O–H groups in total. The Morgan fingerprint density at radius 3 is 2.79 bits per heavy atom. The SMILES string of the molecule is FC(F)(F)Oc1cccc2c1OC[CH]2. The van der Waals surface area contributed by atoms with Gasteiger partial charge in [0.25, 0.3) is 0 Å². The Morgan fingerprint density at radius 2 is 2.07 bits per heavy atom. The first kappa shape index (κ1) is 9.18. The summed E-state index contributed by atoms with van der Waals surface area (Å²) in [5, 5.41) is 0. The third-order valence-electron chi connectivity index (χ3n) is 1.77. The number of rotatable bonds is 1. The van der Waals surface area contributed by atoms with Gasteiger partial charge >= 0.3 is 6.36 Å². The van der Waals surface area contributed by atoms with E-state index in [1.165, 1.54) is 12.1 Å². The van der Waals surface area contributed by atoms with Gasteiger partial charge in [-0.05, 0) is 6.07 Å². The predicted octanol–water partition coefficient (Wildman–Crippen LogP) is 2.53. The van der Waals surface area contributed by atoms with E-state index >= 15 is 0 Å². The van der Waals surface area contributed by atoms with E-state index in [-0.39, 0.29) is 18.1 Å². The molecule has 75 valence electrons. The van der Waals surface area contributed by atoms with Gasteiger partial charge in [0, 0.05) is 12.0 Å². The molecule has 0 saturated heterocycles. The first-order valence-electron chi connectivity index (χ1n) is 3.91. The van der Waals surface area contributed by atoms with Crippen molar-refractivity contribution in [2.45, 2.75) is 6.36 Å². The molecule has 1 aliphatic rings. The van der Waals surface area contributed by atoms with E-state index in [1.54, 1.807) is 12.5 Å². The molecule has 0 unspecified atom stereocenters. The van der Waals surface area contributed by atoms with Gasteiger partial charge in [-0.3, -0.25) is 0 Å². The molecule has 0 bridgehead atoms. The summed E-state index contributed by atoms with van der Waals surface area (Å²) in [6, 6.07) is 4.39. The molecule has 1 aromatic rings. The molecule has 1 aromatic carbocycles. The fourth-order valence-corrected chi connectivity index (χ4v) is 1.27. The maximum Gasteiger partial charge on any atom is 0.573 e. The van der Waals surface area contributed by atoms with Gasteiger partial charge in [0.1, 0.15) is 0 Å². The lowest BCUT2D eigenvalue weighted by atomic mass is 10.1. The predicted molar refractivity (Wildman–Crippen MR) is 42.0 cm³/mol. The average Bonchev–Trinajstić information content (AvgIpc) is 2.49. The lowest BCUT2D eigenvalue weighted by molar-refractivity contribution is -0.275. The summed E-state index contributed by atoms with van der Waals surface area (Å²) < 4.78 is 44.6. The van der Waals surface area contributed by atoms with Crippen LogP contribution in [0.5, 0.6) is 11.5 Å². The van der Waals surface area contributed by atoms with E-state index in [4.69, 9.17) is 4.74 Å². The molecule has 1 heterocycles. The van der Waals surface area contributed by atoms with Crippen molar-refractivity contribution in [3.05, 3.63) is 30.2 Å². The van der Waals surface area contributed by atoms with Crippen molar-refractivity contribution in [1.82, 2.24) is 0 Å². The monoisotopic (exact) mass is 203 g/mol. The number of hydrogen-bond acceptors (Lipinski definition) is 2. The van der Waals surface area contributed by atoms with E-state index in [2.05, 4.69) is 4.74 Å². The number of alkyl halides is 3. The average molecular weight is 203 g/mol. The molecule has 1 aliphatic heterocycles. The molecule has 0 fully saturated rings. The Morgan fingerprint density at radius 1 is 1.29 bits per heavy atom. The van der Waals surface area contributed by atoms with Crippen LogP contribution in [0.3, 0.4) is 0 Å². The molecule has 2 nitrogen and oxygen atoms in total. The Bertz CT molecular complexity index is 346. The molecule has 0 saturated carbocycles. The van der Waals surface area contributed by atoms with Gasteiger partial charge in [0.05, 0.1) is 6.61 Å². The zero-order valence-corrected chi connectivity index (χ0v) is 6.97. The summed E-state index contributed by atoms with van der Waals surface area (Å²) in [7, 11) is 0. The second kappa shape index (κ2) is 3.08. The van der Waals surface area contributed by atoms with Crippen molar-refractivity contribution in [3.8, 4) is 11.5 Å². The highest BCUT2D eigenvalue weighted by Gasteiger charge is 2.33. The van der Waals surface area contributed by atoms with Crippen LogP contribution in [0.2, 0.25) is 0 Å². The van der Waals surface area contributed by atoms with Gasteiger partial charge in [-0.1, -0.05) is 12.1 Å². The molecular weight excluding hydrogens is 197 g/mol. The molecule has 2 rings (SSSR count). The van der Waals surface area contributed by atoms with Gasteiger partial charge in [0.15, 0.2) is 11.5 Å². The Kier molecular flexibility index (Phi) is 2.02. The molecule has 0 aliphatic carbocycles. The third kappa shape index (κ3) is 1.76. The van der Waals surface area contributed by atoms with E-state index in [0.717, 1.165) is 0 Å². The lowest BCUT2D eigenvalue weighted by Crippen LogP contribution is -2.17. The van der Waals surface area contributed by atoms with Crippen molar-refractivity contribution >= 4 is 0 Å². The number of hydrogen-bond donors (Lipinski definition) is 0. The summed E-state index contributed by atoms with van der Waals surface area (Å²) in [6.07, 6.45) is -2.99. The topological polar surface area (TPSA) is 18.5 Å². The van der Waals surface area contributed by atoms with E-state index in [1.807, 2.05) is 0 Å². The number of para-hydroxylation sites is 1. The van der Waals surface area contributed by atoms with Crippen molar-refractivity contribution < 1.29 is 22.6 Å². The highest BCUT2D eigenvalue weighted by molar-refractivity contribution is 5.52. The normalized spacial score (nSPS) is 14.8. The molecule has 0 aromatic heterocycles. The van der Waals surface area contributed by atoms with Gasteiger partial charge < -0.3 is 9.47 Å². The summed E-state index contributed by atoms with van der Waals surface area (Å²) in [5.41, 5.74) is 0.631. The highest BCUT2D eigenvalue weighted by Crippen LogP contribution is 2.38. The van der Waals surface area contributed by atoms with Gasteiger partial charge in [-0.25, -0.2) is 0 Å². The number of halogens is 3. The van der Waals surface area contributed by atoms with E-state index < -0.39 is 6.36 Å². The summed E-state index contributed by atoms with van der Waals surface area (Å²) in [4.78, 5) is 0. The minimum atomic E-state index is -4.68. The third-order valence-corrected chi connectivity index (χ3v) is 1.77. The maximum absolute atomic E-state index is 11.9. The van der Waals surface area contributed by atoms with Crippen LogP contribution in [0.25, 0.3) is 0 Å². The second-order valence-corrected chi connectivity index (χ2v) is 2.74. The molecule has 0 spiro atoms. The van der Waals surface area contributed by atoms with Crippen LogP contribution in [0.1, 0.15) is 5.56 Å². The summed E-state index contributed by atoms with van der Waals surface area (Å²) in [5.74, 6) is -0.131. The largest absolute Gasteiger partial charge is 0.573 e. The van der Waals surface area contributed by atoms with Gasteiger partial charge in [0.2, 0.25) is 0 Å². The van der Waals surface area contributed by atoms with E-state index in [0.29, 0.717) is 5.56 Å². The Labute approximate surface area is 78.2 Å². The van der Waals surface area contributed by atoms with E-state index in [9.17, 15) is 13.2 Å². The van der Waals surface area contributed by atoms with Gasteiger partial charge in [-0.2, -0.15) is 0 Å². The minimum Gasteiger partial charge on any atom is -0.489 e. The standard InChI is InChI=1S/C9H6F3O2/c10-9(11,12)14-7-3-1-2-6-4-5-13-8(6)7/h1-4H,5H2.